The van der Waals surface area contributed by atoms with Gasteiger partial charge in [0.2, 0.25) is 0 Å². The van der Waals surface area contributed by atoms with Gasteiger partial charge in [-0.2, -0.15) is 0 Å². The molecule has 1 aromatic carbocycles. The summed E-state index contributed by atoms with van der Waals surface area (Å²) in [5.74, 6) is 1.80. The van der Waals surface area contributed by atoms with Gasteiger partial charge in [0.25, 0.3) is 0 Å². The van der Waals surface area contributed by atoms with Crippen LogP contribution in [0.5, 0.6) is 5.75 Å². The van der Waals surface area contributed by atoms with E-state index in [0.29, 0.717) is 18.4 Å². The molecule has 34 heavy (non-hydrogen) atoms. The molecule has 1 aliphatic carbocycles. The minimum atomic E-state index is -0.142. The largest absolute Gasteiger partial charge is 0.487 e. The molecule has 9 nitrogen and oxygen atoms in total. The predicted molar refractivity (Wildman–Crippen MR) is 127 cm³/mol. The molecule has 1 saturated heterocycles. The molecule has 0 N–H and O–H groups in total. The Labute approximate surface area is 203 Å². The highest BCUT2D eigenvalue weighted by Gasteiger charge is 2.29. The number of amides is 1. The predicted octanol–water partition coefficient (Wildman–Crippen LogP) is 4.59. The first-order valence-corrected chi connectivity index (χ1v) is 12.9. The first-order chi connectivity index (χ1) is 16.6. The van der Waals surface area contributed by atoms with E-state index in [9.17, 15) is 4.79 Å². The van der Waals surface area contributed by atoms with Crippen molar-refractivity contribution in [1.82, 2.24) is 30.1 Å². The number of benzene rings is 1. The van der Waals surface area contributed by atoms with Crippen LogP contribution < -0.4 is 4.74 Å². The Morgan fingerprint density at radius 2 is 1.97 bits per heavy atom. The lowest BCUT2D eigenvalue weighted by Gasteiger charge is -2.33. The van der Waals surface area contributed by atoms with Gasteiger partial charge in [0.1, 0.15) is 24.8 Å². The molecule has 3 aromatic rings. The average Bonchev–Trinajstić information content (AvgIpc) is 3.56. The van der Waals surface area contributed by atoms with Crippen molar-refractivity contribution in [3.05, 3.63) is 46.7 Å². The fourth-order valence-electron chi connectivity index (χ4n) is 4.72. The SMILES string of the molecule is C[C@@H]1CCCC(OC(=O)N2CCC(c3nc(COc4ccc(-n5cnnn5)cc4)cs3)CC2)C1. The number of ether oxygens (including phenoxy) is 2. The van der Waals surface area contributed by atoms with Crippen molar-refractivity contribution in [3.63, 3.8) is 0 Å². The number of hydrogen-bond acceptors (Lipinski definition) is 8. The molecule has 180 valence electrons. The van der Waals surface area contributed by atoms with E-state index in [0.717, 1.165) is 67.3 Å². The number of piperidine rings is 1. The van der Waals surface area contributed by atoms with Gasteiger partial charge in [-0.05, 0) is 72.7 Å². The van der Waals surface area contributed by atoms with Crippen molar-refractivity contribution < 1.29 is 14.3 Å². The van der Waals surface area contributed by atoms with E-state index < -0.39 is 0 Å². The van der Waals surface area contributed by atoms with Crippen LogP contribution in [0.1, 0.15) is 62.1 Å². The Kier molecular flexibility index (Phi) is 7.03. The summed E-state index contributed by atoms with van der Waals surface area (Å²) in [6.45, 7) is 4.12. The van der Waals surface area contributed by atoms with E-state index in [1.54, 1.807) is 22.3 Å². The Hall–Kier alpha value is -3.01. The fourth-order valence-corrected chi connectivity index (χ4v) is 5.70. The lowest BCUT2D eigenvalue weighted by molar-refractivity contribution is 0.0315. The van der Waals surface area contributed by atoms with Gasteiger partial charge >= 0.3 is 6.09 Å². The molecule has 3 heterocycles. The zero-order valence-corrected chi connectivity index (χ0v) is 20.2. The highest BCUT2D eigenvalue weighted by Crippen LogP contribution is 2.32. The van der Waals surface area contributed by atoms with E-state index in [4.69, 9.17) is 14.5 Å². The highest BCUT2D eigenvalue weighted by molar-refractivity contribution is 7.09. The molecule has 1 unspecified atom stereocenters. The van der Waals surface area contributed by atoms with Gasteiger partial charge < -0.3 is 14.4 Å². The monoisotopic (exact) mass is 482 g/mol. The van der Waals surface area contributed by atoms with E-state index in [1.165, 1.54) is 6.42 Å². The van der Waals surface area contributed by atoms with Crippen LogP contribution in [0.2, 0.25) is 0 Å². The molecule has 1 amide bonds. The number of thiazole rings is 1. The summed E-state index contributed by atoms with van der Waals surface area (Å²) >= 11 is 1.68. The maximum absolute atomic E-state index is 12.6. The van der Waals surface area contributed by atoms with Crippen LogP contribution >= 0.6 is 11.3 Å². The van der Waals surface area contributed by atoms with Gasteiger partial charge in [0, 0.05) is 24.4 Å². The van der Waals surface area contributed by atoms with Gasteiger partial charge in [-0.3, -0.25) is 0 Å². The Bertz CT molecular complexity index is 1060. The van der Waals surface area contributed by atoms with Gasteiger partial charge in [-0.1, -0.05) is 13.3 Å². The quantitative estimate of drug-likeness (QED) is 0.507. The number of likely N-dealkylation sites (tertiary alicyclic amines) is 1. The van der Waals surface area contributed by atoms with E-state index in [-0.39, 0.29) is 12.2 Å². The summed E-state index contributed by atoms with van der Waals surface area (Å²) in [6, 6.07) is 7.61. The molecule has 1 aliphatic heterocycles. The minimum absolute atomic E-state index is 0.0891. The normalized spacial score (nSPS) is 21.4. The lowest BCUT2D eigenvalue weighted by Crippen LogP contribution is -2.40. The zero-order valence-electron chi connectivity index (χ0n) is 19.4. The molecule has 0 bridgehead atoms. The standard InChI is InChI=1S/C24H30N6O3S/c1-17-3-2-4-22(13-17)33-24(31)29-11-9-18(10-12-29)23-26-19(15-34-23)14-32-21-7-5-20(6-8-21)30-16-25-27-28-30/h5-8,15-18,22H,2-4,9-14H2,1H3/t17-,22?/m1/s1. The Balaban J connectivity index is 1.08. The molecule has 2 atom stereocenters. The first-order valence-electron chi connectivity index (χ1n) is 12.0. The minimum Gasteiger partial charge on any atom is -0.487 e. The number of nitrogens with zero attached hydrogens (tertiary/aromatic N) is 6. The molecule has 1 saturated carbocycles. The second-order valence-corrected chi connectivity index (χ2v) is 10.1. The Morgan fingerprint density at radius 1 is 1.15 bits per heavy atom. The highest BCUT2D eigenvalue weighted by atomic mass is 32.1. The third-order valence-electron chi connectivity index (χ3n) is 6.66. The third-order valence-corrected chi connectivity index (χ3v) is 7.72. The van der Waals surface area contributed by atoms with Crippen LogP contribution in [0.4, 0.5) is 4.79 Å². The summed E-state index contributed by atoms with van der Waals surface area (Å²) in [4.78, 5) is 19.3. The smallest absolute Gasteiger partial charge is 0.410 e. The molecule has 2 fully saturated rings. The van der Waals surface area contributed by atoms with Gasteiger partial charge in [-0.15, -0.1) is 16.4 Å². The van der Waals surface area contributed by atoms with Crippen LogP contribution in [-0.4, -0.2) is 55.4 Å². The second kappa shape index (κ2) is 10.5. The fraction of sp³-hybridized carbons (Fsp3) is 0.542. The van der Waals surface area contributed by atoms with Crippen molar-refractivity contribution in [3.8, 4) is 11.4 Å². The van der Waals surface area contributed by atoms with Crippen LogP contribution in [0.25, 0.3) is 5.69 Å². The first kappa shape index (κ1) is 22.8. The maximum Gasteiger partial charge on any atom is 0.410 e. The molecular formula is C24H30N6O3S. The molecule has 2 aliphatic rings. The summed E-state index contributed by atoms with van der Waals surface area (Å²) in [6.07, 6.45) is 7.73. The lowest BCUT2D eigenvalue weighted by atomic mass is 9.89. The Morgan fingerprint density at radius 3 is 2.71 bits per heavy atom. The van der Waals surface area contributed by atoms with Crippen molar-refractivity contribution in [2.45, 2.75) is 64.1 Å². The molecule has 0 spiro atoms. The van der Waals surface area contributed by atoms with E-state index >= 15 is 0 Å². The number of carbonyl (C=O) groups excluding carboxylic acids is 1. The van der Waals surface area contributed by atoms with Crippen molar-refractivity contribution >= 4 is 17.4 Å². The average molecular weight is 483 g/mol. The topological polar surface area (TPSA) is 95.3 Å². The van der Waals surface area contributed by atoms with Crippen LogP contribution in [-0.2, 0) is 11.3 Å². The van der Waals surface area contributed by atoms with Gasteiger partial charge in [0.05, 0.1) is 16.4 Å². The van der Waals surface area contributed by atoms with Gasteiger partial charge in [0.15, 0.2) is 0 Å². The number of hydrogen-bond donors (Lipinski definition) is 0. The molecule has 0 radical (unpaired) electrons. The molecule has 10 heteroatoms. The van der Waals surface area contributed by atoms with Crippen LogP contribution in [0.15, 0.2) is 36.0 Å². The number of rotatable bonds is 6. The molecule has 2 aromatic heterocycles. The van der Waals surface area contributed by atoms with Crippen LogP contribution in [0.3, 0.4) is 0 Å². The summed E-state index contributed by atoms with van der Waals surface area (Å²) < 4.78 is 13.3. The van der Waals surface area contributed by atoms with Crippen molar-refractivity contribution in [2.75, 3.05) is 13.1 Å². The number of tetrazole rings is 1. The van der Waals surface area contributed by atoms with Crippen molar-refractivity contribution in [2.24, 2.45) is 5.92 Å². The van der Waals surface area contributed by atoms with E-state index in [2.05, 4.69) is 27.8 Å². The van der Waals surface area contributed by atoms with E-state index in [1.807, 2.05) is 29.2 Å². The van der Waals surface area contributed by atoms with Crippen LogP contribution in [0, 0.1) is 5.92 Å². The molecule has 5 rings (SSSR count). The summed E-state index contributed by atoms with van der Waals surface area (Å²) in [5.41, 5.74) is 1.80. The summed E-state index contributed by atoms with van der Waals surface area (Å²) in [5, 5.41) is 14.4. The third kappa shape index (κ3) is 5.55. The van der Waals surface area contributed by atoms with Gasteiger partial charge in [-0.25, -0.2) is 14.5 Å². The zero-order chi connectivity index (χ0) is 23.3. The van der Waals surface area contributed by atoms with Crippen molar-refractivity contribution in [1.29, 1.82) is 0 Å². The maximum atomic E-state index is 12.6. The second-order valence-electron chi connectivity index (χ2n) is 9.25. The summed E-state index contributed by atoms with van der Waals surface area (Å²) in [7, 11) is 0. The number of carbonyl (C=O) groups is 1. The number of aromatic nitrogens is 5. The molecular weight excluding hydrogens is 452 g/mol.